The predicted molar refractivity (Wildman–Crippen MR) is 95.1 cm³/mol. The van der Waals surface area contributed by atoms with E-state index in [-0.39, 0.29) is 31.4 Å². The van der Waals surface area contributed by atoms with E-state index in [2.05, 4.69) is 6.58 Å². The number of ketones is 1. The second-order valence-corrected chi connectivity index (χ2v) is 11.3. The quantitative estimate of drug-likeness (QED) is 0.567. The molecule has 0 N–H and O–H groups in total. The monoisotopic (exact) mass is 342 g/mol. The van der Waals surface area contributed by atoms with Crippen LogP contribution in [0.1, 0.15) is 54.4 Å². The number of carbonyl (C=O) groups excluding carboxylic acids is 3. The minimum Gasteiger partial charge on any atom is -0.295 e. The summed E-state index contributed by atoms with van der Waals surface area (Å²) in [4.78, 5) is 37.2. The third-order valence-corrected chi connectivity index (χ3v) is 5.35. The Bertz CT molecular complexity index is 467. The van der Waals surface area contributed by atoms with Crippen LogP contribution in [0.4, 0.5) is 0 Å². The van der Waals surface area contributed by atoms with E-state index in [1.807, 2.05) is 41.5 Å². The van der Waals surface area contributed by atoms with Crippen LogP contribution in [0.2, 0.25) is 0 Å². The first-order valence-electron chi connectivity index (χ1n) is 7.49. The van der Waals surface area contributed by atoms with E-state index in [4.69, 9.17) is 0 Å². The van der Waals surface area contributed by atoms with E-state index < -0.39 is 5.92 Å². The van der Waals surface area contributed by atoms with Gasteiger partial charge in [0.15, 0.2) is 5.78 Å². The lowest BCUT2D eigenvalue weighted by atomic mass is 9.90. The van der Waals surface area contributed by atoms with E-state index in [0.29, 0.717) is 18.4 Å². The third-order valence-electron chi connectivity index (χ3n) is 3.21. The molecule has 0 bridgehead atoms. The summed E-state index contributed by atoms with van der Waals surface area (Å²) in [6.07, 6.45) is 0.941. The smallest absolute Gasteiger partial charge is 0.201 e. The molecule has 0 saturated heterocycles. The molecule has 0 unspecified atom stereocenters. The minimum atomic E-state index is -0.771. The van der Waals surface area contributed by atoms with E-state index in [1.165, 1.54) is 23.5 Å². The Kier molecular flexibility index (Phi) is 6.13. The van der Waals surface area contributed by atoms with Crippen molar-refractivity contribution in [2.75, 3.05) is 0 Å². The number of rotatable bonds is 3. The molecule has 3 nitrogen and oxygen atoms in total. The molecule has 0 aromatic rings. The van der Waals surface area contributed by atoms with E-state index in [0.717, 1.165) is 0 Å². The SMILES string of the molecule is C=C1C(=O)CC[C@H]1C(C(=O)SC(C)(C)C)C(=O)SC(C)(C)C. The molecule has 1 saturated carbocycles. The number of hydrogen-bond donors (Lipinski definition) is 0. The fourth-order valence-corrected chi connectivity index (χ4v) is 4.43. The van der Waals surface area contributed by atoms with Crippen molar-refractivity contribution in [3.05, 3.63) is 12.2 Å². The Balaban J connectivity index is 3.05. The van der Waals surface area contributed by atoms with Crippen LogP contribution in [0.15, 0.2) is 12.2 Å². The van der Waals surface area contributed by atoms with Crippen LogP contribution in [0, 0.1) is 11.8 Å². The van der Waals surface area contributed by atoms with Crippen LogP contribution >= 0.6 is 23.5 Å². The molecule has 0 aromatic carbocycles. The van der Waals surface area contributed by atoms with Crippen molar-refractivity contribution in [1.82, 2.24) is 0 Å². The number of thioether (sulfide) groups is 2. The fraction of sp³-hybridized carbons (Fsp3) is 0.706. The normalized spacial score (nSPS) is 19.9. The van der Waals surface area contributed by atoms with Crippen molar-refractivity contribution in [3.8, 4) is 0 Å². The minimum absolute atomic E-state index is 0.0166. The summed E-state index contributed by atoms with van der Waals surface area (Å²) in [5.74, 6) is -1.12. The van der Waals surface area contributed by atoms with Gasteiger partial charge in [0.2, 0.25) is 10.2 Å². The Labute approximate surface area is 142 Å². The molecule has 0 aliphatic heterocycles. The van der Waals surface area contributed by atoms with Gasteiger partial charge in [-0.3, -0.25) is 14.4 Å². The van der Waals surface area contributed by atoms with Gasteiger partial charge in [0, 0.05) is 21.8 Å². The van der Waals surface area contributed by atoms with E-state index in [9.17, 15) is 14.4 Å². The topological polar surface area (TPSA) is 51.2 Å². The van der Waals surface area contributed by atoms with Gasteiger partial charge in [-0.2, -0.15) is 0 Å². The second-order valence-electron chi connectivity index (χ2n) is 7.64. The highest BCUT2D eigenvalue weighted by molar-refractivity contribution is 8.16. The van der Waals surface area contributed by atoms with Crippen molar-refractivity contribution in [3.63, 3.8) is 0 Å². The molecule has 1 aliphatic rings. The largest absolute Gasteiger partial charge is 0.295 e. The lowest BCUT2D eigenvalue weighted by Crippen LogP contribution is -2.32. The molecule has 0 aromatic heterocycles. The van der Waals surface area contributed by atoms with E-state index in [1.54, 1.807) is 0 Å². The van der Waals surface area contributed by atoms with Gasteiger partial charge < -0.3 is 0 Å². The molecule has 1 aliphatic carbocycles. The molecule has 22 heavy (non-hydrogen) atoms. The molecule has 1 atom stereocenters. The van der Waals surface area contributed by atoms with Crippen molar-refractivity contribution >= 4 is 39.5 Å². The Morgan fingerprint density at radius 1 is 1.05 bits per heavy atom. The standard InChI is InChI=1S/C17H26O3S2/c1-10-11(8-9-12(10)18)13(14(19)21-16(2,3)4)15(20)22-17(5,6)7/h11,13H,1,8-9H2,2-7H3/t11-/m1/s1. The maximum absolute atomic E-state index is 12.7. The number of allylic oxidation sites excluding steroid dienone is 1. The van der Waals surface area contributed by atoms with Crippen molar-refractivity contribution in [2.24, 2.45) is 11.8 Å². The molecule has 1 fully saturated rings. The first kappa shape index (κ1) is 19.5. The predicted octanol–water partition coefficient (Wildman–Crippen LogP) is 4.25. The zero-order chi connectivity index (χ0) is 17.3. The van der Waals surface area contributed by atoms with Crippen LogP contribution in [-0.4, -0.2) is 25.5 Å². The zero-order valence-corrected chi connectivity index (χ0v) is 16.0. The van der Waals surface area contributed by atoms with E-state index >= 15 is 0 Å². The lowest BCUT2D eigenvalue weighted by molar-refractivity contribution is -0.124. The molecule has 0 spiro atoms. The third kappa shape index (κ3) is 5.58. The summed E-state index contributed by atoms with van der Waals surface area (Å²) in [6, 6.07) is 0. The molecular weight excluding hydrogens is 316 g/mol. The highest BCUT2D eigenvalue weighted by Gasteiger charge is 2.43. The van der Waals surface area contributed by atoms with Gasteiger partial charge >= 0.3 is 0 Å². The number of hydrogen-bond acceptors (Lipinski definition) is 5. The van der Waals surface area contributed by atoms with Crippen LogP contribution in [0.5, 0.6) is 0 Å². The molecule has 0 heterocycles. The molecule has 1 rings (SSSR count). The molecule has 5 heteroatoms. The van der Waals surface area contributed by atoms with Gasteiger partial charge in [0.1, 0.15) is 5.92 Å². The molecule has 0 amide bonds. The molecule has 124 valence electrons. The summed E-state index contributed by atoms with van der Waals surface area (Å²) in [5, 5.41) is -0.287. The van der Waals surface area contributed by atoms with Gasteiger partial charge in [-0.25, -0.2) is 0 Å². The van der Waals surface area contributed by atoms with Crippen LogP contribution in [0.25, 0.3) is 0 Å². The Morgan fingerprint density at radius 2 is 1.45 bits per heavy atom. The van der Waals surface area contributed by atoms with Crippen molar-refractivity contribution in [2.45, 2.75) is 63.9 Å². The Hall–Kier alpha value is -0.550. The second kappa shape index (κ2) is 6.91. The average Bonchev–Trinajstić information content (AvgIpc) is 2.56. The van der Waals surface area contributed by atoms with Gasteiger partial charge in [-0.15, -0.1) is 0 Å². The van der Waals surface area contributed by atoms with Gasteiger partial charge in [0.05, 0.1) is 0 Å². The Morgan fingerprint density at radius 3 is 1.73 bits per heavy atom. The van der Waals surface area contributed by atoms with Crippen LogP contribution in [0.3, 0.4) is 0 Å². The van der Waals surface area contributed by atoms with Crippen LogP contribution < -0.4 is 0 Å². The molecule has 0 radical (unpaired) electrons. The van der Waals surface area contributed by atoms with Crippen molar-refractivity contribution < 1.29 is 14.4 Å². The number of Topliss-reactive ketones (excluding diaryl/α,β-unsaturated/α-hetero) is 1. The first-order valence-corrected chi connectivity index (χ1v) is 9.13. The van der Waals surface area contributed by atoms with Crippen molar-refractivity contribution in [1.29, 1.82) is 0 Å². The first-order chi connectivity index (χ1) is 9.82. The van der Waals surface area contributed by atoms with Gasteiger partial charge in [-0.1, -0.05) is 71.6 Å². The maximum Gasteiger partial charge on any atom is 0.201 e. The van der Waals surface area contributed by atoms with Gasteiger partial charge in [0.25, 0.3) is 0 Å². The fourth-order valence-electron chi connectivity index (χ4n) is 2.35. The summed E-state index contributed by atoms with van der Waals surface area (Å²) >= 11 is 2.37. The maximum atomic E-state index is 12.7. The zero-order valence-electron chi connectivity index (χ0n) is 14.3. The highest BCUT2D eigenvalue weighted by atomic mass is 32.2. The summed E-state index contributed by atoms with van der Waals surface area (Å²) < 4.78 is -0.516. The summed E-state index contributed by atoms with van der Waals surface area (Å²) in [7, 11) is 0. The lowest BCUT2D eigenvalue weighted by Gasteiger charge is -2.27. The molecular formula is C17H26O3S2. The van der Waals surface area contributed by atoms with Crippen LogP contribution in [-0.2, 0) is 14.4 Å². The average molecular weight is 343 g/mol. The number of carbonyl (C=O) groups is 3. The van der Waals surface area contributed by atoms with Gasteiger partial charge in [-0.05, 0) is 12.0 Å². The summed E-state index contributed by atoms with van der Waals surface area (Å²) in [5.41, 5.74) is 0.440. The highest BCUT2D eigenvalue weighted by Crippen LogP contribution is 2.41. The summed E-state index contributed by atoms with van der Waals surface area (Å²) in [6.45, 7) is 15.5.